The maximum atomic E-state index is 12.9. The number of halogens is 2. The van der Waals surface area contributed by atoms with Gasteiger partial charge in [0.2, 0.25) is 0 Å². The van der Waals surface area contributed by atoms with Crippen LogP contribution in [0.1, 0.15) is 18.5 Å². The lowest BCUT2D eigenvalue weighted by molar-refractivity contribution is -0.113. The molecular formula is C18H15Cl2N3O2. The van der Waals surface area contributed by atoms with Gasteiger partial charge in [0.05, 0.1) is 27.3 Å². The van der Waals surface area contributed by atoms with E-state index < -0.39 is 6.04 Å². The van der Waals surface area contributed by atoms with E-state index in [1.165, 1.54) is 0 Å². The van der Waals surface area contributed by atoms with Gasteiger partial charge in [-0.3, -0.25) is 4.79 Å². The summed E-state index contributed by atoms with van der Waals surface area (Å²) in [4.78, 5) is 24.7. The van der Waals surface area contributed by atoms with Crippen LogP contribution in [0.15, 0.2) is 59.8 Å². The van der Waals surface area contributed by atoms with Gasteiger partial charge in [-0.1, -0.05) is 59.6 Å². The van der Waals surface area contributed by atoms with E-state index in [2.05, 4.69) is 16.0 Å². The summed E-state index contributed by atoms with van der Waals surface area (Å²) in [5, 5.41) is 8.78. The molecule has 0 radical (unpaired) electrons. The molecule has 3 N–H and O–H groups in total. The fourth-order valence-corrected chi connectivity index (χ4v) is 3.03. The van der Waals surface area contributed by atoms with Gasteiger partial charge in [0.15, 0.2) is 0 Å². The third kappa shape index (κ3) is 3.62. The van der Waals surface area contributed by atoms with Gasteiger partial charge in [0.25, 0.3) is 5.91 Å². The Balaban J connectivity index is 1.96. The molecule has 2 aromatic carbocycles. The molecule has 7 heteroatoms. The Kier molecular flexibility index (Phi) is 4.97. The predicted octanol–water partition coefficient (Wildman–Crippen LogP) is 4.26. The Morgan fingerprint density at radius 1 is 1.08 bits per heavy atom. The first-order chi connectivity index (χ1) is 12.0. The molecular weight excluding hydrogens is 361 g/mol. The summed E-state index contributed by atoms with van der Waals surface area (Å²) in [5.74, 6) is -0.372. The molecule has 0 spiro atoms. The van der Waals surface area contributed by atoms with E-state index in [-0.39, 0.29) is 17.0 Å². The summed E-state index contributed by atoms with van der Waals surface area (Å²) in [6, 6.07) is 13.3. The molecule has 1 aliphatic rings. The zero-order valence-corrected chi connectivity index (χ0v) is 14.8. The van der Waals surface area contributed by atoms with E-state index in [1.54, 1.807) is 25.1 Å². The lowest BCUT2D eigenvalue weighted by atomic mass is 9.95. The molecule has 0 aromatic heterocycles. The molecule has 1 heterocycles. The summed E-state index contributed by atoms with van der Waals surface area (Å²) >= 11 is 12.1. The second-order valence-electron chi connectivity index (χ2n) is 5.54. The highest BCUT2D eigenvalue weighted by Gasteiger charge is 2.31. The van der Waals surface area contributed by atoms with Gasteiger partial charge in [-0.05, 0) is 24.6 Å². The molecule has 3 rings (SSSR count). The third-order valence-corrected chi connectivity index (χ3v) is 4.67. The van der Waals surface area contributed by atoms with Gasteiger partial charge in [-0.15, -0.1) is 0 Å². The van der Waals surface area contributed by atoms with Crippen LogP contribution in [0.5, 0.6) is 0 Å². The Bertz CT molecular complexity index is 866. The van der Waals surface area contributed by atoms with Gasteiger partial charge in [0.1, 0.15) is 0 Å². The van der Waals surface area contributed by atoms with E-state index in [4.69, 9.17) is 23.2 Å². The highest BCUT2D eigenvalue weighted by Crippen LogP contribution is 2.32. The average molecular weight is 376 g/mol. The summed E-state index contributed by atoms with van der Waals surface area (Å²) in [5.41, 5.74) is 2.09. The van der Waals surface area contributed by atoms with Gasteiger partial charge in [-0.25, -0.2) is 4.79 Å². The maximum absolute atomic E-state index is 12.9. The Hall–Kier alpha value is -2.50. The van der Waals surface area contributed by atoms with Crippen molar-refractivity contribution in [2.75, 3.05) is 5.32 Å². The van der Waals surface area contributed by atoms with Crippen molar-refractivity contribution >= 4 is 40.8 Å². The maximum Gasteiger partial charge on any atom is 0.319 e. The topological polar surface area (TPSA) is 70.2 Å². The van der Waals surface area contributed by atoms with Crippen molar-refractivity contribution in [3.63, 3.8) is 0 Å². The minimum Gasteiger partial charge on any atom is -0.327 e. The van der Waals surface area contributed by atoms with Gasteiger partial charge < -0.3 is 16.0 Å². The first kappa shape index (κ1) is 17.3. The van der Waals surface area contributed by atoms with Crippen molar-refractivity contribution in [3.05, 3.63) is 75.4 Å². The number of hydrogen-bond acceptors (Lipinski definition) is 2. The van der Waals surface area contributed by atoms with E-state index in [0.717, 1.165) is 5.56 Å². The monoisotopic (exact) mass is 375 g/mol. The van der Waals surface area contributed by atoms with Crippen molar-refractivity contribution in [2.24, 2.45) is 0 Å². The SMILES string of the molecule is CC1=C(C(=O)Nc2cccc(Cl)c2Cl)C(c2ccccc2)NC(=O)N1. The van der Waals surface area contributed by atoms with Crippen molar-refractivity contribution in [2.45, 2.75) is 13.0 Å². The van der Waals surface area contributed by atoms with Crippen LogP contribution in [0, 0.1) is 0 Å². The number of anilines is 1. The highest BCUT2D eigenvalue weighted by molar-refractivity contribution is 6.44. The zero-order valence-electron chi connectivity index (χ0n) is 13.3. The molecule has 25 heavy (non-hydrogen) atoms. The second-order valence-corrected chi connectivity index (χ2v) is 6.32. The lowest BCUT2D eigenvalue weighted by Crippen LogP contribution is -2.45. The molecule has 2 aromatic rings. The predicted molar refractivity (Wildman–Crippen MR) is 98.6 cm³/mol. The summed E-state index contributed by atoms with van der Waals surface area (Å²) < 4.78 is 0. The van der Waals surface area contributed by atoms with Crippen LogP contribution in [0.2, 0.25) is 10.0 Å². The van der Waals surface area contributed by atoms with Gasteiger partial charge in [-0.2, -0.15) is 0 Å². The average Bonchev–Trinajstić information content (AvgIpc) is 2.59. The first-order valence-corrected chi connectivity index (χ1v) is 8.31. The third-order valence-electron chi connectivity index (χ3n) is 3.85. The van der Waals surface area contributed by atoms with Crippen LogP contribution < -0.4 is 16.0 Å². The molecule has 0 fully saturated rings. The second kappa shape index (κ2) is 7.17. The number of allylic oxidation sites excluding steroid dienone is 1. The van der Waals surface area contributed by atoms with Crippen molar-refractivity contribution in [3.8, 4) is 0 Å². The summed E-state index contributed by atoms with van der Waals surface area (Å²) in [6.07, 6.45) is 0. The number of rotatable bonds is 3. The number of nitrogens with one attached hydrogen (secondary N) is 3. The minimum atomic E-state index is -0.562. The number of hydrogen-bond donors (Lipinski definition) is 3. The van der Waals surface area contributed by atoms with E-state index in [1.807, 2.05) is 30.3 Å². The van der Waals surface area contributed by atoms with Crippen LogP contribution in [0.25, 0.3) is 0 Å². The number of benzene rings is 2. The molecule has 0 saturated heterocycles. The lowest BCUT2D eigenvalue weighted by Gasteiger charge is -2.28. The summed E-state index contributed by atoms with van der Waals surface area (Å²) in [6.45, 7) is 1.68. The van der Waals surface area contributed by atoms with Gasteiger partial charge in [0, 0.05) is 5.70 Å². The number of carbonyl (C=O) groups is 2. The molecule has 0 aliphatic carbocycles. The zero-order chi connectivity index (χ0) is 18.0. The molecule has 1 atom stereocenters. The highest BCUT2D eigenvalue weighted by atomic mass is 35.5. The van der Waals surface area contributed by atoms with Gasteiger partial charge >= 0.3 is 6.03 Å². The Morgan fingerprint density at radius 2 is 1.80 bits per heavy atom. The molecule has 0 saturated carbocycles. The molecule has 1 unspecified atom stereocenters. The smallest absolute Gasteiger partial charge is 0.319 e. The number of carbonyl (C=O) groups excluding carboxylic acids is 2. The van der Waals surface area contributed by atoms with Crippen LogP contribution in [-0.2, 0) is 4.79 Å². The van der Waals surface area contributed by atoms with Crippen LogP contribution in [0.3, 0.4) is 0 Å². The van der Waals surface area contributed by atoms with Crippen LogP contribution >= 0.6 is 23.2 Å². The minimum absolute atomic E-state index is 0.264. The molecule has 1 aliphatic heterocycles. The molecule has 3 amide bonds. The van der Waals surface area contributed by atoms with Crippen LogP contribution in [-0.4, -0.2) is 11.9 Å². The molecule has 5 nitrogen and oxygen atoms in total. The largest absolute Gasteiger partial charge is 0.327 e. The number of amides is 3. The van der Waals surface area contributed by atoms with E-state index >= 15 is 0 Å². The summed E-state index contributed by atoms with van der Waals surface area (Å²) in [7, 11) is 0. The Labute approximate surface area is 155 Å². The normalized spacial score (nSPS) is 16.9. The van der Waals surface area contributed by atoms with Crippen molar-refractivity contribution < 1.29 is 9.59 Å². The fourth-order valence-electron chi connectivity index (χ4n) is 2.68. The van der Waals surface area contributed by atoms with Crippen molar-refractivity contribution in [1.82, 2.24) is 10.6 Å². The Morgan fingerprint density at radius 3 is 2.52 bits per heavy atom. The van der Waals surface area contributed by atoms with Crippen LogP contribution in [0.4, 0.5) is 10.5 Å². The molecule has 0 bridgehead atoms. The van der Waals surface area contributed by atoms with E-state index in [9.17, 15) is 9.59 Å². The quantitative estimate of drug-likeness (QED) is 0.749. The first-order valence-electron chi connectivity index (χ1n) is 7.56. The fraction of sp³-hybridized carbons (Fsp3) is 0.111. The molecule has 128 valence electrons. The standard InChI is InChI=1S/C18H15Cl2N3O2/c1-10-14(17(24)22-13-9-5-8-12(19)15(13)20)16(23-18(25)21-10)11-6-3-2-4-7-11/h2-9,16H,1H3,(H,22,24)(H2,21,23,25). The van der Waals surface area contributed by atoms with E-state index in [0.29, 0.717) is 22.0 Å². The van der Waals surface area contributed by atoms with Crippen molar-refractivity contribution in [1.29, 1.82) is 0 Å². The number of urea groups is 1.